The van der Waals surface area contributed by atoms with Gasteiger partial charge >= 0.3 is 0 Å². The number of Topliss-reactive ketones (excluding diaryl/α,β-unsaturated/α-hetero) is 1. The van der Waals surface area contributed by atoms with Crippen molar-refractivity contribution in [2.45, 2.75) is 6.42 Å². The highest BCUT2D eigenvalue weighted by Gasteiger charge is 2.11. The maximum absolute atomic E-state index is 12.2. The number of hydrogen-bond acceptors (Lipinski definition) is 1. The molecule has 0 radical (unpaired) electrons. The van der Waals surface area contributed by atoms with E-state index in [1.54, 1.807) is 18.2 Å². The van der Waals surface area contributed by atoms with Crippen molar-refractivity contribution >= 4 is 55.9 Å². The predicted octanol–water partition coefficient (Wildman–Crippen LogP) is 5.13. The second-order valence-electron chi connectivity index (χ2n) is 3.85. The molecule has 18 heavy (non-hydrogen) atoms. The van der Waals surface area contributed by atoms with Crippen molar-refractivity contribution in [1.82, 2.24) is 0 Å². The third-order valence-electron chi connectivity index (χ3n) is 2.51. The number of carbonyl (C=O) groups is 1. The van der Waals surface area contributed by atoms with Crippen LogP contribution in [-0.2, 0) is 6.42 Å². The Morgan fingerprint density at radius 2 is 1.83 bits per heavy atom. The van der Waals surface area contributed by atoms with E-state index in [1.807, 2.05) is 24.3 Å². The topological polar surface area (TPSA) is 17.1 Å². The number of carbonyl (C=O) groups excluding carboxylic acids is 1. The van der Waals surface area contributed by atoms with Crippen LogP contribution in [0.2, 0.25) is 5.02 Å². The Morgan fingerprint density at radius 1 is 1.17 bits per heavy atom. The highest BCUT2D eigenvalue weighted by Crippen LogP contribution is 2.23. The Morgan fingerprint density at radius 3 is 2.50 bits per heavy atom. The molecule has 0 aromatic heterocycles. The van der Waals surface area contributed by atoms with Gasteiger partial charge in [0, 0.05) is 25.0 Å². The van der Waals surface area contributed by atoms with Crippen LogP contribution in [0.3, 0.4) is 0 Å². The van der Waals surface area contributed by atoms with Crippen LogP contribution < -0.4 is 0 Å². The first-order chi connectivity index (χ1) is 8.56. The van der Waals surface area contributed by atoms with Crippen molar-refractivity contribution < 1.29 is 4.79 Å². The molecule has 4 heteroatoms. The summed E-state index contributed by atoms with van der Waals surface area (Å²) in [4.78, 5) is 12.2. The second kappa shape index (κ2) is 6.17. The molecule has 0 spiro atoms. The summed E-state index contributed by atoms with van der Waals surface area (Å²) in [6.45, 7) is 0. The van der Waals surface area contributed by atoms with Crippen LogP contribution in [0.5, 0.6) is 0 Å². The molecule has 0 atom stereocenters. The molecule has 0 saturated carbocycles. The second-order valence-corrected chi connectivity index (χ2v) is 6.39. The summed E-state index contributed by atoms with van der Waals surface area (Å²) in [5, 5.41) is 0.573. The largest absolute Gasteiger partial charge is 0.294 e. The SMILES string of the molecule is O=C(Cc1ccc(I)cc1)c1cc(Cl)ccc1Br. The molecule has 1 nitrogen and oxygen atoms in total. The van der Waals surface area contributed by atoms with Gasteiger partial charge in [0.1, 0.15) is 0 Å². The molecule has 0 aliphatic carbocycles. The van der Waals surface area contributed by atoms with Gasteiger partial charge in [0.2, 0.25) is 0 Å². The maximum Gasteiger partial charge on any atom is 0.168 e. The molecule has 0 aliphatic heterocycles. The monoisotopic (exact) mass is 434 g/mol. The zero-order valence-corrected chi connectivity index (χ0v) is 13.8. The van der Waals surface area contributed by atoms with E-state index in [4.69, 9.17) is 11.6 Å². The fourth-order valence-electron chi connectivity index (χ4n) is 1.59. The predicted molar refractivity (Wildman–Crippen MR) is 86.3 cm³/mol. The Hall–Kier alpha value is -0.390. The fourth-order valence-corrected chi connectivity index (χ4v) is 2.59. The van der Waals surface area contributed by atoms with Crippen LogP contribution in [0.15, 0.2) is 46.9 Å². The van der Waals surface area contributed by atoms with Gasteiger partial charge in [0.05, 0.1) is 0 Å². The van der Waals surface area contributed by atoms with E-state index in [0.717, 1.165) is 13.6 Å². The average molecular weight is 435 g/mol. The minimum Gasteiger partial charge on any atom is -0.294 e. The van der Waals surface area contributed by atoms with Crippen LogP contribution >= 0.6 is 50.1 Å². The van der Waals surface area contributed by atoms with Crippen molar-refractivity contribution in [3.63, 3.8) is 0 Å². The van der Waals surface area contributed by atoms with Crippen LogP contribution in [0.1, 0.15) is 15.9 Å². The van der Waals surface area contributed by atoms with Gasteiger partial charge in [0.25, 0.3) is 0 Å². The van der Waals surface area contributed by atoms with E-state index in [0.29, 0.717) is 17.0 Å². The highest BCUT2D eigenvalue weighted by atomic mass is 127. The standard InChI is InChI=1S/C14H9BrClIO/c15-13-6-3-10(16)8-12(13)14(18)7-9-1-4-11(17)5-2-9/h1-6,8H,7H2. The molecule has 0 heterocycles. The fraction of sp³-hybridized carbons (Fsp3) is 0.0714. The summed E-state index contributed by atoms with van der Waals surface area (Å²) in [6, 6.07) is 13.2. The molecular weight excluding hydrogens is 426 g/mol. The molecule has 0 saturated heterocycles. The van der Waals surface area contributed by atoms with Crippen molar-refractivity contribution in [3.05, 3.63) is 66.7 Å². The van der Waals surface area contributed by atoms with Crippen molar-refractivity contribution in [2.75, 3.05) is 0 Å². The number of rotatable bonds is 3. The lowest BCUT2D eigenvalue weighted by Crippen LogP contribution is -2.04. The Labute approximate surface area is 133 Å². The van der Waals surface area contributed by atoms with E-state index in [-0.39, 0.29) is 5.78 Å². The number of benzene rings is 2. The third-order valence-corrected chi connectivity index (χ3v) is 4.15. The third kappa shape index (κ3) is 3.56. The van der Waals surface area contributed by atoms with Gasteiger partial charge in [-0.25, -0.2) is 0 Å². The molecule has 0 unspecified atom stereocenters. The summed E-state index contributed by atoms with van der Waals surface area (Å²) < 4.78 is 1.94. The summed E-state index contributed by atoms with van der Waals surface area (Å²) in [6.07, 6.45) is 0.385. The molecule has 0 aliphatic rings. The number of ketones is 1. The Balaban J connectivity index is 2.21. The van der Waals surface area contributed by atoms with Crippen molar-refractivity contribution in [1.29, 1.82) is 0 Å². The molecule has 92 valence electrons. The van der Waals surface area contributed by atoms with Gasteiger partial charge < -0.3 is 0 Å². The molecule has 2 aromatic rings. The summed E-state index contributed by atoms with van der Waals surface area (Å²) in [5.41, 5.74) is 1.63. The van der Waals surface area contributed by atoms with Gasteiger partial charge in [-0.3, -0.25) is 4.79 Å². The Kier molecular flexibility index (Phi) is 4.81. The van der Waals surface area contributed by atoms with Gasteiger partial charge in [-0.05, 0) is 58.5 Å². The van der Waals surface area contributed by atoms with Crippen LogP contribution in [-0.4, -0.2) is 5.78 Å². The van der Waals surface area contributed by atoms with E-state index in [9.17, 15) is 4.79 Å². The minimum atomic E-state index is 0.0607. The van der Waals surface area contributed by atoms with Crippen molar-refractivity contribution in [2.24, 2.45) is 0 Å². The van der Waals surface area contributed by atoms with E-state index >= 15 is 0 Å². The van der Waals surface area contributed by atoms with Gasteiger partial charge in [-0.15, -0.1) is 0 Å². The van der Waals surface area contributed by atoms with Gasteiger partial charge in [-0.2, -0.15) is 0 Å². The first-order valence-corrected chi connectivity index (χ1v) is 7.54. The first kappa shape index (κ1) is 14.0. The maximum atomic E-state index is 12.2. The first-order valence-electron chi connectivity index (χ1n) is 5.29. The zero-order valence-electron chi connectivity index (χ0n) is 9.29. The highest BCUT2D eigenvalue weighted by molar-refractivity contribution is 14.1. The summed E-state index contributed by atoms with van der Waals surface area (Å²) in [5.74, 6) is 0.0607. The normalized spacial score (nSPS) is 10.4. The average Bonchev–Trinajstić information content (AvgIpc) is 2.35. The molecule has 0 amide bonds. The minimum absolute atomic E-state index is 0.0607. The van der Waals surface area contributed by atoms with Gasteiger partial charge in [-0.1, -0.05) is 39.7 Å². The van der Waals surface area contributed by atoms with Crippen molar-refractivity contribution in [3.8, 4) is 0 Å². The molecule has 0 fully saturated rings. The molecule has 2 aromatic carbocycles. The molecule has 0 bridgehead atoms. The lowest BCUT2D eigenvalue weighted by atomic mass is 10.0. The van der Waals surface area contributed by atoms with Crippen LogP contribution in [0, 0.1) is 3.57 Å². The molecule has 2 rings (SSSR count). The van der Waals surface area contributed by atoms with E-state index in [2.05, 4.69) is 38.5 Å². The van der Waals surface area contributed by atoms with E-state index in [1.165, 1.54) is 0 Å². The Bertz CT molecular complexity index is 581. The zero-order chi connectivity index (χ0) is 13.1. The van der Waals surface area contributed by atoms with Crippen LogP contribution in [0.4, 0.5) is 0 Å². The quantitative estimate of drug-likeness (QED) is 0.482. The summed E-state index contributed by atoms with van der Waals surface area (Å²) >= 11 is 11.5. The smallest absolute Gasteiger partial charge is 0.168 e. The van der Waals surface area contributed by atoms with Crippen LogP contribution in [0.25, 0.3) is 0 Å². The summed E-state index contributed by atoms with van der Waals surface area (Å²) in [7, 11) is 0. The molecular formula is C14H9BrClIO. The number of halogens is 3. The molecule has 0 N–H and O–H groups in total. The van der Waals surface area contributed by atoms with Gasteiger partial charge in [0.15, 0.2) is 5.78 Å². The lowest BCUT2D eigenvalue weighted by Gasteiger charge is -2.05. The van der Waals surface area contributed by atoms with E-state index < -0.39 is 0 Å². The number of hydrogen-bond donors (Lipinski definition) is 0. The lowest BCUT2D eigenvalue weighted by molar-refractivity contribution is 0.0992.